The fourth-order valence-corrected chi connectivity index (χ4v) is 1.35. The van der Waals surface area contributed by atoms with Gasteiger partial charge in [0.25, 0.3) is 0 Å². The van der Waals surface area contributed by atoms with Crippen molar-refractivity contribution >= 4 is 22.6 Å². The van der Waals surface area contributed by atoms with Gasteiger partial charge in [-0.2, -0.15) is 0 Å². The summed E-state index contributed by atoms with van der Waals surface area (Å²) in [7, 11) is 1.57. The van der Waals surface area contributed by atoms with Crippen LogP contribution < -0.4 is 4.74 Å². The van der Waals surface area contributed by atoms with Crippen LogP contribution in [0, 0.1) is 0 Å². The van der Waals surface area contributed by atoms with Gasteiger partial charge in [-0.1, -0.05) is 6.92 Å². The molecule has 0 fully saturated rings. The Morgan fingerprint density at radius 2 is 2.24 bits per heavy atom. The number of nitrogens with zero attached hydrogens (tertiary/aromatic N) is 4. The first kappa shape index (κ1) is 11.4. The molecule has 0 bridgehead atoms. The largest absolute Gasteiger partial charge is 0.480 e. The van der Waals surface area contributed by atoms with Crippen molar-refractivity contribution in [2.75, 3.05) is 7.11 Å². The second-order valence-corrected chi connectivity index (χ2v) is 3.62. The highest BCUT2D eigenvalue weighted by atomic mass is 16.5. The van der Waals surface area contributed by atoms with Crippen LogP contribution >= 0.6 is 0 Å². The SMILES string of the molecule is CCC(C)=Nc1nccc2nc(OC)cnc12. The maximum Gasteiger partial charge on any atom is 0.232 e. The van der Waals surface area contributed by atoms with Crippen LogP contribution in [0.3, 0.4) is 0 Å². The highest BCUT2D eigenvalue weighted by Gasteiger charge is 2.05. The van der Waals surface area contributed by atoms with Gasteiger partial charge in [0.05, 0.1) is 18.8 Å². The van der Waals surface area contributed by atoms with Gasteiger partial charge in [0.1, 0.15) is 5.52 Å². The van der Waals surface area contributed by atoms with Gasteiger partial charge in [-0.3, -0.25) is 0 Å². The lowest BCUT2D eigenvalue weighted by atomic mass is 10.3. The van der Waals surface area contributed by atoms with Crippen LogP contribution in [0.2, 0.25) is 0 Å². The van der Waals surface area contributed by atoms with Crippen molar-refractivity contribution in [3.8, 4) is 5.88 Å². The molecule has 2 rings (SSSR count). The summed E-state index contributed by atoms with van der Waals surface area (Å²) in [4.78, 5) is 17.2. The van der Waals surface area contributed by atoms with Crippen LogP contribution in [0.5, 0.6) is 5.88 Å². The summed E-state index contributed by atoms with van der Waals surface area (Å²) >= 11 is 0. The highest BCUT2D eigenvalue weighted by molar-refractivity contribution is 5.90. The zero-order valence-corrected chi connectivity index (χ0v) is 10.1. The van der Waals surface area contributed by atoms with Gasteiger partial charge >= 0.3 is 0 Å². The van der Waals surface area contributed by atoms with Gasteiger partial charge < -0.3 is 4.74 Å². The smallest absolute Gasteiger partial charge is 0.232 e. The molecule has 0 spiro atoms. The van der Waals surface area contributed by atoms with E-state index in [0.29, 0.717) is 17.2 Å². The number of methoxy groups -OCH3 is 1. The van der Waals surface area contributed by atoms with E-state index in [1.165, 1.54) is 0 Å². The predicted molar refractivity (Wildman–Crippen MR) is 66.9 cm³/mol. The van der Waals surface area contributed by atoms with E-state index in [4.69, 9.17) is 4.74 Å². The number of hydrogen-bond acceptors (Lipinski definition) is 5. The Morgan fingerprint density at radius 3 is 2.94 bits per heavy atom. The first-order valence-electron chi connectivity index (χ1n) is 5.44. The third-order valence-electron chi connectivity index (χ3n) is 2.44. The third-order valence-corrected chi connectivity index (χ3v) is 2.44. The van der Waals surface area contributed by atoms with Crippen molar-refractivity contribution in [1.82, 2.24) is 15.0 Å². The molecule has 0 saturated carbocycles. The average Bonchev–Trinajstić information content (AvgIpc) is 2.38. The number of hydrogen-bond donors (Lipinski definition) is 0. The second-order valence-electron chi connectivity index (χ2n) is 3.62. The molecular formula is C12H14N4O. The first-order chi connectivity index (χ1) is 8.24. The summed E-state index contributed by atoms with van der Waals surface area (Å²) < 4.78 is 5.03. The van der Waals surface area contributed by atoms with Gasteiger partial charge in [-0.15, -0.1) is 0 Å². The Balaban J connectivity index is 2.58. The Hall–Kier alpha value is -2.04. The molecule has 5 nitrogen and oxygen atoms in total. The van der Waals surface area contributed by atoms with Crippen molar-refractivity contribution in [2.24, 2.45) is 4.99 Å². The Labute approximate surface area is 99.6 Å². The van der Waals surface area contributed by atoms with E-state index in [1.54, 1.807) is 25.6 Å². The zero-order valence-electron chi connectivity index (χ0n) is 10.1. The van der Waals surface area contributed by atoms with Gasteiger partial charge in [0, 0.05) is 11.9 Å². The molecular weight excluding hydrogens is 216 g/mol. The van der Waals surface area contributed by atoms with Crippen LogP contribution in [0.25, 0.3) is 11.0 Å². The van der Waals surface area contributed by atoms with Crippen molar-refractivity contribution in [3.05, 3.63) is 18.5 Å². The minimum Gasteiger partial charge on any atom is -0.480 e. The standard InChI is InChI=1S/C12H14N4O/c1-4-8(2)15-12-11-9(5-6-13-12)16-10(17-3)7-14-11/h5-7H,4H2,1-3H3. The van der Waals surface area contributed by atoms with Crippen molar-refractivity contribution in [3.63, 3.8) is 0 Å². The average molecular weight is 230 g/mol. The molecule has 2 aromatic heterocycles. The number of fused-ring (bicyclic) bond motifs is 1. The number of rotatable bonds is 3. The topological polar surface area (TPSA) is 60.3 Å². The number of pyridine rings is 1. The molecule has 0 radical (unpaired) electrons. The van der Waals surface area contributed by atoms with E-state index in [0.717, 1.165) is 17.6 Å². The summed E-state index contributed by atoms with van der Waals surface area (Å²) in [6, 6.07) is 1.80. The minimum absolute atomic E-state index is 0.492. The number of aromatic nitrogens is 3. The number of aliphatic imine (C=N–C) groups is 1. The van der Waals surface area contributed by atoms with E-state index in [1.807, 2.05) is 6.92 Å². The molecule has 0 aliphatic rings. The summed E-state index contributed by atoms with van der Waals surface area (Å²) in [5, 5.41) is 0. The van der Waals surface area contributed by atoms with Crippen LogP contribution in [-0.2, 0) is 0 Å². The molecule has 17 heavy (non-hydrogen) atoms. The van der Waals surface area contributed by atoms with E-state index in [-0.39, 0.29) is 0 Å². The minimum atomic E-state index is 0.492. The van der Waals surface area contributed by atoms with E-state index >= 15 is 0 Å². The van der Waals surface area contributed by atoms with Crippen LogP contribution in [0.15, 0.2) is 23.5 Å². The maximum atomic E-state index is 5.03. The summed E-state index contributed by atoms with van der Waals surface area (Å²) in [5.41, 5.74) is 2.45. The molecule has 0 saturated heterocycles. The molecule has 0 atom stereocenters. The van der Waals surface area contributed by atoms with Crippen molar-refractivity contribution in [2.45, 2.75) is 20.3 Å². The molecule has 0 aliphatic carbocycles. The Bertz CT molecular complexity index is 565. The van der Waals surface area contributed by atoms with Gasteiger partial charge in [0.2, 0.25) is 5.88 Å². The normalized spacial score (nSPS) is 11.8. The first-order valence-corrected chi connectivity index (χ1v) is 5.44. The maximum absolute atomic E-state index is 5.03. The third kappa shape index (κ3) is 2.38. The molecule has 0 amide bonds. The lowest BCUT2D eigenvalue weighted by Gasteiger charge is -2.03. The van der Waals surface area contributed by atoms with Crippen LogP contribution in [0.1, 0.15) is 20.3 Å². The Kier molecular flexibility index (Phi) is 3.27. The summed E-state index contributed by atoms with van der Waals surface area (Å²) in [6.07, 6.45) is 4.14. The van der Waals surface area contributed by atoms with Gasteiger partial charge in [0.15, 0.2) is 5.82 Å². The predicted octanol–water partition coefficient (Wildman–Crippen LogP) is 2.54. The van der Waals surface area contributed by atoms with Crippen molar-refractivity contribution < 1.29 is 4.74 Å². The molecule has 2 aromatic rings. The number of ether oxygens (including phenoxy) is 1. The van der Waals surface area contributed by atoms with Gasteiger partial charge in [-0.25, -0.2) is 19.9 Å². The molecule has 0 unspecified atom stereocenters. The fourth-order valence-electron chi connectivity index (χ4n) is 1.35. The van der Waals surface area contributed by atoms with E-state index < -0.39 is 0 Å². The lowest BCUT2D eigenvalue weighted by molar-refractivity contribution is 0.397. The molecule has 0 aliphatic heterocycles. The molecule has 0 N–H and O–H groups in total. The lowest BCUT2D eigenvalue weighted by Crippen LogP contribution is -1.93. The molecule has 0 aromatic carbocycles. The summed E-state index contributed by atoms with van der Waals surface area (Å²) in [6.45, 7) is 4.02. The van der Waals surface area contributed by atoms with E-state index in [2.05, 4.69) is 26.9 Å². The van der Waals surface area contributed by atoms with Crippen molar-refractivity contribution in [1.29, 1.82) is 0 Å². The highest BCUT2D eigenvalue weighted by Crippen LogP contribution is 2.21. The van der Waals surface area contributed by atoms with E-state index in [9.17, 15) is 0 Å². The van der Waals surface area contributed by atoms with Crippen LogP contribution in [-0.4, -0.2) is 27.8 Å². The Morgan fingerprint density at radius 1 is 1.41 bits per heavy atom. The quantitative estimate of drug-likeness (QED) is 0.760. The monoisotopic (exact) mass is 230 g/mol. The second kappa shape index (κ2) is 4.86. The zero-order chi connectivity index (χ0) is 12.3. The van der Waals surface area contributed by atoms with Crippen LogP contribution in [0.4, 0.5) is 5.82 Å². The molecule has 5 heteroatoms. The molecule has 88 valence electrons. The summed E-state index contributed by atoms with van der Waals surface area (Å²) in [5.74, 6) is 1.10. The molecule has 2 heterocycles. The van der Waals surface area contributed by atoms with Gasteiger partial charge in [-0.05, 0) is 19.4 Å². The fraction of sp³-hybridized carbons (Fsp3) is 0.333.